The largest absolute Gasteiger partial charge is 0.349 e. The van der Waals surface area contributed by atoms with Gasteiger partial charge < -0.3 is 10.2 Å². The second kappa shape index (κ2) is 7.94. The van der Waals surface area contributed by atoms with Crippen LogP contribution in [-0.2, 0) is 17.9 Å². The Balaban J connectivity index is 1.30. The van der Waals surface area contributed by atoms with E-state index in [1.165, 1.54) is 0 Å². The van der Waals surface area contributed by atoms with Crippen LogP contribution in [0.1, 0.15) is 54.4 Å². The van der Waals surface area contributed by atoms with Crippen molar-refractivity contribution in [2.24, 2.45) is 0 Å². The third kappa shape index (κ3) is 4.96. The molecule has 2 aromatic rings. The number of carbonyl (C=O) groups excluding carboxylic acids is 2. The first kappa shape index (κ1) is 17.8. The van der Waals surface area contributed by atoms with E-state index >= 15 is 0 Å². The standard InChI is InChI=1S/C21H26N4O2/c26-20(3-1-13-24-14-2-12-22-24)25(19-10-11-19)15-16-4-6-17(7-5-16)21(27)23-18-8-9-18/h2,4-7,12,14,18-19H,1,3,8-11,13,15H2,(H,23,27). The number of rotatable bonds is 9. The highest BCUT2D eigenvalue weighted by molar-refractivity contribution is 5.94. The summed E-state index contributed by atoms with van der Waals surface area (Å²) < 4.78 is 1.86. The van der Waals surface area contributed by atoms with E-state index in [2.05, 4.69) is 10.4 Å². The zero-order valence-electron chi connectivity index (χ0n) is 15.5. The van der Waals surface area contributed by atoms with E-state index in [9.17, 15) is 9.59 Å². The molecule has 2 amide bonds. The number of aromatic nitrogens is 2. The molecule has 0 radical (unpaired) electrons. The Labute approximate surface area is 159 Å². The van der Waals surface area contributed by atoms with Crippen LogP contribution in [0.5, 0.6) is 0 Å². The van der Waals surface area contributed by atoms with E-state index in [-0.39, 0.29) is 11.8 Å². The first-order chi connectivity index (χ1) is 13.2. The van der Waals surface area contributed by atoms with Gasteiger partial charge in [0, 0.05) is 49.6 Å². The van der Waals surface area contributed by atoms with Crippen LogP contribution < -0.4 is 5.32 Å². The lowest BCUT2D eigenvalue weighted by atomic mass is 10.1. The number of nitrogens with zero attached hydrogens (tertiary/aromatic N) is 3. The monoisotopic (exact) mass is 366 g/mol. The molecule has 1 N–H and O–H groups in total. The van der Waals surface area contributed by atoms with Gasteiger partial charge in [0.2, 0.25) is 5.91 Å². The number of benzene rings is 1. The quantitative estimate of drug-likeness (QED) is 0.742. The van der Waals surface area contributed by atoms with Gasteiger partial charge in [-0.3, -0.25) is 14.3 Å². The summed E-state index contributed by atoms with van der Waals surface area (Å²) >= 11 is 0. The van der Waals surface area contributed by atoms with Crippen LogP contribution in [-0.4, -0.2) is 38.6 Å². The summed E-state index contributed by atoms with van der Waals surface area (Å²) in [4.78, 5) is 26.8. The fourth-order valence-corrected chi connectivity index (χ4v) is 3.23. The minimum atomic E-state index is -0.00204. The SMILES string of the molecule is O=C(NC1CC1)c1ccc(CN(C(=O)CCCn2cccn2)C2CC2)cc1. The Morgan fingerprint density at radius 3 is 2.56 bits per heavy atom. The van der Waals surface area contributed by atoms with Gasteiger partial charge in [-0.1, -0.05) is 12.1 Å². The van der Waals surface area contributed by atoms with Gasteiger partial charge in [0.05, 0.1) is 0 Å². The maximum Gasteiger partial charge on any atom is 0.251 e. The van der Waals surface area contributed by atoms with Gasteiger partial charge in [0.15, 0.2) is 0 Å². The normalized spacial score (nSPS) is 16.1. The summed E-state index contributed by atoms with van der Waals surface area (Å²) in [6.45, 7) is 1.39. The summed E-state index contributed by atoms with van der Waals surface area (Å²) in [5, 5.41) is 7.18. The van der Waals surface area contributed by atoms with Crippen molar-refractivity contribution in [1.29, 1.82) is 0 Å². The van der Waals surface area contributed by atoms with Crippen molar-refractivity contribution in [3.05, 3.63) is 53.9 Å². The predicted molar refractivity (Wildman–Crippen MR) is 102 cm³/mol. The zero-order valence-corrected chi connectivity index (χ0v) is 15.5. The number of hydrogen-bond acceptors (Lipinski definition) is 3. The molecule has 6 heteroatoms. The van der Waals surface area contributed by atoms with E-state index in [1.54, 1.807) is 6.20 Å². The number of aryl methyl sites for hydroxylation is 1. The molecule has 0 bridgehead atoms. The average molecular weight is 366 g/mol. The lowest BCUT2D eigenvalue weighted by Crippen LogP contribution is -2.32. The van der Waals surface area contributed by atoms with Crippen LogP contribution in [0.3, 0.4) is 0 Å². The molecule has 0 atom stereocenters. The molecular weight excluding hydrogens is 340 g/mol. The summed E-state index contributed by atoms with van der Waals surface area (Å²) in [6.07, 6.45) is 9.37. The molecule has 2 fully saturated rings. The van der Waals surface area contributed by atoms with Gasteiger partial charge in [-0.25, -0.2) is 0 Å². The minimum absolute atomic E-state index is 0.00204. The first-order valence-electron chi connectivity index (χ1n) is 9.86. The third-order valence-corrected chi connectivity index (χ3v) is 5.13. The molecule has 0 aliphatic heterocycles. The highest BCUT2D eigenvalue weighted by Crippen LogP contribution is 2.29. The van der Waals surface area contributed by atoms with Crippen LogP contribution in [0.15, 0.2) is 42.7 Å². The van der Waals surface area contributed by atoms with Crippen molar-refractivity contribution in [3.8, 4) is 0 Å². The molecule has 6 nitrogen and oxygen atoms in total. The van der Waals surface area contributed by atoms with E-state index in [0.29, 0.717) is 30.6 Å². The van der Waals surface area contributed by atoms with Crippen LogP contribution in [0.25, 0.3) is 0 Å². The second-order valence-corrected chi connectivity index (χ2v) is 7.57. The van der Waals surface area contributed by atoms with E-state index in [4.69, 9.17) is 0 Å². The van der Waals surface area contributed by atoms with Crippen molar-refractivity contribution >= 4 is 11.8 Å². The molecule has 1 aromatic carbocycles. The van der Waals surface area contributed by atoms with E-state index in [1.807, 2.05) is 46.1 Å². The van der Waals surface area contributed by atoms with Crippen molar-refractivity contribution in [3.63, 3.8) is 0 Å². The molecule has 0 saturated heterocycles. The van der Waals surface area contributed by atoms with Gasteiger partial charge in [0.25, 0.3) is 5.91 Å². The van der Waals surface area contributed by atoms with Crippen molar-refractivity contribution in [2.45, 2.75) is 63.7 Å². The fourth-order valence-electron chi connectivity index (χ4n) is 3.23. The summed E-state index contributed by atoms with van der Waals surface area (Å²) in [6, 6.07) is 10.3. The van der Waals surface area contributed by atoms with Crippen LogP contribution in [0.4, 0.5) is 0 Å². The Hall–Kier alpha value is -2.63. The average Bonchev–Trinajstić information content (AvgIpc) is 3.61. The van der Waals surface area contributed by atoms with Gasteiger partial charge in [-0.15, -0.1) is 0 Å². The second-order valence-electron chi connectivity index (χ2n) is 7.57. The van der Waals surface area contributed by atoms with E-state index < -0.39 is 0 Å². The summed E-state index contributed by atoms with van der Waals surface area (Å²) in [5.74, 6) is 0.206. The van der Waals surface area contributed by atoms with Crippen LogP contribution in [0.2, 0.25) is 0 Å². The molecule has 27 heavy (non-hydrogen) atoms. The Morgan fingerprint density at radius 1 is 1.15 bits per heavy atom. The summed E-state index contributed by atoms with van der Waals surface area (Å²) in [7, 11) is 0. The Bertz CT molecular complexity index is 777. The van der Waals surface area contributed by atoms with Crippen LogP contribution >= 0.6 is 0 Å². The van der Waals surface area contributed by atoms with Gasteiger partial charge in [-0.2, -0.15) is 5.10 Å². The molecule has 2 saturated carbocycles. The lowest BCUT2D eigenvalue weighted by molar-refractivity contribution is -0.132. The van der Waals surface area contributed by atoms with Gasteiger partial charge in [0.1, 0.15) is 0 Å². The van der Waals surface area contributed by atoms with Gasteiger partial charge >= 0.3 is 0 Å². The smallest absolute Gasteiger partial charge is 0.251 e. The highest BCUT2D eigenvalue weighted by atomic mass is 16.2. The topological polar surface area (TPSA) is 67.2 Å². The zero-order chi connectivity index (χ0) is 18.6. The third-order valence-electron chi connectivity index (χ3n) is 5.13. The lowest BCUT2D eigenvalue weighted by Gasteiger charge is -2.23. The Morgan fingerprint density at radius 2 is 1.93 bits per heavy atom. The number of carbonyl (C=O) groups is 2. The minimum Gasteiger partial charge on any atom is -0.349 e. The predicted octanol–water partition coefficient (Wildman–Crippen LogP) is 2.75. The summed E-state index contributed by atoms with van der Waals surface area (Å²) in [5.41, 5.74) is 1.76. The maximum atomic E-state index is 12.7. The molecule has 2 aliphatic rings. The highest BCUT2D eigenvalue weighted by Gasteiger charge is 2.32. The molecule has 142 valence electrons. The molecule has 1 aromatic heterocycles. The van der Waals surface area contributed by atoms with Crippen molar-refractivity contribution < 1.29 is 9.59 Å². The van der Waals surface area contributed by atoms with E-state index in [0.717, 1.165) is 44.2 Å². The fraction of sp³-hybridized carbons (Fsp3) is 0.476. The first-order valence-corrected chi connectivity index (χ1v) is 9.86. The molecular formula is C21H26N4O2. The maximum absolute atomic E-state index is 12.7. The van der Waals surface area contributed by atoms with Crippen molar-refractivity contribution in [1.82, 2.24) is 20.0 Å². The number of amides is 2. The Kier molecular flexibility index (Phi) is 5.23. The molecule has 0 spiro atoms. The molecule has 1 heterocycles. The number of hydrogen-bond donors (Lipinski definition) is 1. The number of nitrogens with one attached hydrogen (secondary N) is 1. The van der Waals surface area contributed by atoms with Gasteiger partial charge in [-0.05, 0) is 55.9 Å². The molecule has 4 rings (SSSR count). The van der Waals surface area contributed by atoms with Crippen LogP contribution in [0, 0.1) is 0 Å². The molecule has 0 unspecified atom stereocenters. The van der Waals surface area contributed by atoms with Crippen molar-refractivity contribution in [2.75, 3.05) is 0 Å². The molecule has 2 aliphatic carbocycles.